The molecular formula is C9H9NO3S. The molecule has 1 aromatic heterocycles. The van der Waals surface area contributed by atoms with Crippen molar-refractivity contribution in [2.24, 2.45) is 0 Å². The number of fused-ring (bicyclic) bond motifs is 1. The maximum Gasteiger partial charge on any atom is 0.151 e. The molecule has 1 aromatic carbocycles. The second kappa shape index (κ2) is 3.09. The first-order valence-electron chi connectivity index (χ1n) is 4.06. The van der Waals surface area contributed by atoms with Gasteiger partial charge in [-0.3, -0.25) is 0 Å². The van der Waals surface area contributed by atoms with E-state index in [1.807, 2.05) is 6.07 Å². The van der Waals surface area contributed by atoms with Gasteiger partial charge in [-0.05, 0) is 11.6 Å². The minimum Gasteiger partial charge on any atom is -0.363 e. The molecule has 2 rings (SSSR count). The molecule has 0 radical (unpaired) electrons. The summed E-state index contributed by atoms with van der Waals surface area (Å²) in [5.41, 5.74) is 1.30. The summed E-state index contributed by atoms with van der Waals surface area (Å²) in [6, 6.07) is 5.36. The Hall–Kier alpha value is -1.36. The van der Waals surface area contributed by atoms with Gasteiger partial charge < -0.3 is 4.52 Å². The van der Waals surface area contributed by atoms with Crippen LogP contribution in [0.15, 0.2) is 29.0 Å². The number of hydrogen-bond donors (Lipinski definition) is 0. The fraction of sp³-hybridized carbons (Fsp3) is 0.222. The van der Waals surface area contributed by atoms with Crippen LogP contribution < -0.4 is 0 Å². The summed E-state index contributed by atoms with van der Waals surface area (Å²) in [6.45, 7) is 0. The van der Waals surface area contributed by atoms with E-state index < -0.39 is 9.84 Å². The average molecular weight is 211 g/mol. The predicted molar refractivity (Wildman–Crippen MR) is 52.6 cm³/mol. The molecule has 14 heavy (non-hydrogen) atoms. The monoisotopic (exact) mass is 211 g/mol. The van der Waals surface area contributed by atoms with Crippen LogP contribution in [0.3, 0.4) is 0 Å². The third-order valence-corrected chi connectivity index (χ3v) is 2.73. The van der Waals surface area contributed by atoms with E-state index in [-0.39, 0.29) is 5.75 Å². The zero-order valence-corrected chi connectivity index (χ0v) is 8.41. The van der Waals surface area contributed by atoms with Gasteiger partial charge >= 0.3 is 0 Å². The molecule has 0 N–H and O–H groups in total. The van der Waals surface area contributed by atoms with E-state index >= 15 is 0 Å². The van der Waals surface area contributed by atoms with Crippen molar-refractivity contribution >= 4 is 20.7 Å². The molecule has 0 atom stereocenters. The highest BCUT2D eigenvalue weighted by Gasteiger charge is 2.10. The van der Waals surface area contributed by atoms with E-state index in [0.29, 0.717) is 11.1 Å². The molecule has 5 heteroatoms. The zero-order valence-electron chi connectivity index (χ0n) is 7.60. The highest BCUT2D eigenvalue weighted by atomic mass is 32.2. The Morgan fingerprint density at radius 3 is 2.93 bits per heavy atom. The van der Waals surface area contributed by atoms with Gasteiger partial charge in [-0.25, -0.2) is 8.42 Å². The first-order valence-corrected chi connectivity index (χ1v) is 6.12. The van der Waals surface area contributed by atoms with Crippen LogP contribution in [0.4, 0.5) is 0 Å². The maximum atomic E-state index is 11.1. The van der Waals surface area contributed by atoms with E-state index in [4.69, 9.17) is 4.52 Å². The lowest BCUT2D eigenvalue weighted by Gasteiger charge is -1.98. The molecule has 0 saturated carbocycles. The molecular weight excluding hydrogens is 202 g/mol. The van der Waals surface area contributed by atoms with Crippen molar-refractivity contribution in [2.75, 3.05) is 6.26 Å². The Bertz CT molecular complexity index is 556. The summed E-state index contributed by atoms with van der Waals surface area (Å²) in [7, 11) is -3.03. The molecule has 0 aliphatic heterocycles. The Kier molecular flexibility index (Phi) is 2.03. The smallest absolute Gasteiger partial charge is 0.151 e. The van der Waals surface area contributed by atoms with Gasteiger partial charge in [0.1, 0.15) is 11.8 Å². The molecule has 0 unspecified atom stereocenters. The molecule has 0 aliphatic rings. The van der Waals surface area contributed by atoms with Gasteiger partial charge in [-0.1, -0.05) is 17.3 Å². The summed E-state index contributed by atoms with van der Waals surface area (Å²) >= 11 is 0. The quantitative estimate of drug-likeness (QED) is 0.752. The average Bonchev–Trinajstić information content (AvgIpc) is 2.49. The van der Waals surface area contributed by atoms with E-state index in [1.54, 1.807) is 12.1 Å². The summed E-state index contributed by atoms with van der Waals surface area (Å²) in [5, 5.41) is 4.59. The molecule has 0 amide bonds. The first-order chi connectivity index (χ1) is 6.56. The summed E-state index contributed by atoms with van der Waals surface area (Å²) in [5.74, 6) is -0.00310. The standard InChI is InChI=1S/C9H9NO3S/c1-14(11,12)6-8-4-2-3-7-5-13-10-9(7)8/h2-5H,6H2,1H3. The van der Waals surface area contributed by atoms with Gasteiger partial charge in [-0.15, -0.1) is 0 Å². The molecule has 0 saturated heterocycles. The van der Waals surface area contributed by atoms with E-state index in [1.165, 1.54) is 12.5 Å². The van der Waals surface area contributed by atoms with Crippen LogP contribution in [0.25, 0.3) is 10.9 Å². The molecule has 1 heterocycles. The van der Waals surface area contributed by atoms with Gasteiger partial charge in [0.2, 0.25) is 0 Å². The van der Waals surface area contributed by atoms with Crippen LogP contribution in [-0.4, -0.2) is 19.8 Å². The molecule has 2 aromatic rings. The number of sulfone groups is 1. The number of rotatable bonds is 2. The lowest BCUT2D eigenvalue weighted by Crippen LogP contribution is -2.01. The zero-order chi connectivity index (χ0) is 10.2. The number of nitrogens with zero attached hydrogens (tertiary/aromatic N) is 1. The number of hydrogen-bond acceptors (Lipinski definition) is 4. The predicted octanol–water partition coefficient (Wildman–Crippen LogP) is 1.37. The van der Waals surface area contributed by atoms with E-state index in [0.717, 1.165) is 5.39 Å². The van der Waals surface area contributed by atoms with Gasteiger partial charge in [0.25, 0.3) is 0 Å². The largest absolute Gasteiger partial charge is 0.363 e. The van der Waals surface area contributed by atoms with Crippen molar-refractivity contribution in [3.05, 3.63) is 30.0 Å². The van der Waals surface area contributed by atoms with Crippen molar-refractivity contribution in [3.8, 4) is 0 Å². The molecule has 0 aliphatic carbocycles. The van der Waals surface area contributed by atoms with Crippen LogP contribution in [0.1, 0.15) is 5.56 Å². The Morgan fingerprint density at radius 2 is 2.21 bits per heavy atom. The second-order valence-electron chi connectivity index (χ2n) is 3.24. The number of aromatic nitrogens is 1. The van der Waals surface area contributed by atoms with Crippen LogP contribution in [-0.2, 0) is 15.6 Å². The normalized spacial score (nSPS) is 12.1. The summed E-state index contributed by atoms with van der Waals surface area (Å²) in [6.07, 6.45) is 2.70. The molecule has 4 nitrogen and oxygen atoms in total. The van der Waals surface area contributed by atoms with E-state index in [9.17, 15) is 8.42 Å². The maximum absolute atomic E-state index is 11.1. The SMILES string of the molecule is CS(=O)(=O)Cc1cccc2conc12. The van der Waals surface area contributed by atoms with Crippen LogP contribution in [0.2, 0.25) is 0 Å². The summed E-state index contributed by atoms with van der Waals surface area (Å²) < 4.78 is 27.0. The minimum absolute atomic E-state index is 0.00310. The Labute approximate surface area is 81.4 Å². The lowest BCUT2D eigenvalue weighted by molar-refractivity contribution is 0.428. The highest BCUT2D eigenvalue weighted by molar-refractivity contribution is 7.89. The van der Waals surface area contributed by atoms with Gasteiger partial charge in [-0.2, -0.15) is 0 Å². The molecule has 0 fully saturated rings. The second-order valence-corrected chi connectivity index (χ2v) is 5.38. The third-order valence-electron chi connectivity index (χ3n) is 1.89. The van der Waals surface area contributed by atoms with Gasteiger partial charge in [0.15, 0.2) is 9.84 Å². The van der Waals surface area contributed by atoms with Crippen LogP contribution in [0, 0.1) is 0 Å². The highest BCUT2D eigenvalue weighted by Crippen LogP contribution is 2.18. The van der Waals surface area contributed by atoms with Gasteiger partial charge in [0, 0.05) is 11.6 Å². The Morgan fingerprint density at radius 1 is 1.43 bits per heavy atom. The number of benzene rings is 1. The molecule has 74 valence electrons. The van der Waals surface area contributed by atoms with Crippen molar-refractivity contribution in [1.29, 1.82) is 0 Å². The lowest BCUT2D eigenvalue weighted by atomic mass is 10.2. The summed E-state index contributed by atoms with van der Waals surface area (Å²) in [4.78, 5) is 0. The molecule has 0 bridgehead atoms. The topological polar surface area (TPSA) is 60.2 Å². The van der Waals surface area contributed by atoms with Crippen LogP contribution >= 0.6 is 0 Å². The van der Waals surface area contributed by atoms with Crippen molar-refractivity contribution in [1.82, 2.24) is 5.16 Å². The van der Waals surface area contributed by atoms with Crippen molar-refractivity contribution < 1.29 is 12.9 Å². The Balaban J connectivity index is 2.57. The van der Waals surface area contributed by atoms with Crippen molar-refractivity contribution in [3.63, 3.8) is 0 Å². The van der Waals surface area contributed by atoms with Gasteiger partial charge in [0.05, 0.1) is 5.75 Å². The first kappa shape index (κ1) is 9.21. The fourth-order valence-electron chi connectivity index (χ4n) is 1.35. The fourth-order valence-corrected chi connectivity index (χ4v) is 2.15. The van der Waals surface area contributed by atoms with Crippen molar-refractivity contribution in [2.45, 2.75) is 5.75 Å². The minimum atomic E-state index is -3.03. The third kappa shape index (κ3) is 1.77. The van der Waals surface area contributed by atoms with Crippen LogP contribution in [0.5, 0.6) is 0 Å². The van der Waals surface area contributed by atoms with E-state index in [2.05, 4.69) is 5.16 Å². The molecule has 0 spiro atoms.